The number of amides is 2. The van der Waals surface area contributed by atoms with Crippen molar-refractivity contribution >= 4 is 23.2 Å². The molecule has 6 nitrogen and oxygen atoms in total. The molecule has 0 aliphatic rings. The molecule has 0 aliphatic heterocycles. The van der Waals surface area contributed by atoms with Gasteiger partial charge < -0.3 is 15.4 Å². The molecule has 2 amide bonds. The second-order valence-corrected chi connectivity index (χ2v) is 3.72. The van der Waals surface area contributed by atoms with Crippen LogP contribution in [0.2, 0.25) is 0 Å². The molecular formula is C13H15N3O3. The average molecular weight is 261 g/mol. The Bertz CT molecular complexity index is 494. The summed E-state index contributed by atoms with van der Waals surface area (Å²) in [4.78, 5) is 22.9. The van der Waals surface area contributed by atoms with Gasteiger partial charge in [0, 0.05) is 7.11 Å². The van der Waals surface area contributed by atoms with Crippen LogP contribution in [-0.2, 0) is 14.3 Å². The van der Waals surface area contributed by atoms with Gasteiger partial charge in [0.1, 0.15) is 6.42 Å². The zero-order chi connectivity index (χ0) is 14.1. The number of nitrogens with one attached hydrogen (secondary N) is 2. The maximum atomic E-state index is 11.6. The van der Waals surface area contributed by atoms with Crippen LogP contribution in [0.3, 0.4) is 0 Å². The maximum Gasteiger partial charge on any atom is 0.238 e. The van der Waals surface area contributed by atoms with E-state index in [4.69, 9.17) is 10.00 Å². The number of nitrogens with zero attached hydrogens (tertiary/aromatic N) is 1. The highest BCUT2D eigenvalue weighted by Crippen LogP contribution is 2.21. The summed E-state index contributed by atoms with van der Waals surface area (Å²) in [5.74, 6) is -0.620. The Morgan fingerprint density at radius 1 is 1.21 bits per heavy atom. The molecule has 1 rings (SSSR count). The Labute approximate surface area is 111 Å². The Hall–Kier alpha value is -2.39. The first-order valence-electron chi connectivity index (χ1n) is 5.72. The van der Waals surface area contributed by atoms with Gasteiger partial charge in [-0.3, -0.25) is 9.59 Å². The number of benzene rings is 1. The van der Waals surface area contributed by atoms with Crippen LogP contribution in [0.4, 0.5) is 11.4 Å². The molecule has 0 bridgehead atoms. The van der Waals surface area contributed by atoms with E-state index in [0.29, 0.717) is 18.0 Å². The molecule has 0 atom stereocenters. The SMILES string of the molecule is COCCC(=O)Nc1ccccc1NC(=O)CC#N. The number of carbonyl (C=O) groups is 2. The normalized spacial score (nSPS) is 9.47. The minimum atomic E-state index is -0.416. The monoisotopic (exact) mass is 261 g/mol. The number of hydrogen-bond acceptors (Lipinski definition) is 4. The van der Waals surface area contributed by atoms with Crippen molar-refractivity contribution in [3.63, 3.8) is 0 Å². The first-order chi connectivity index (χ1) is 9.17. The molecular weight excluding hydrogens is 246 g/mol. The topological polar surface area (TPSA) is 91.2 Å². The fraction of sp³-hybridized carbons (Fsp3) is 0.308. The van der Waals surface area contributed by atoms with Gasteiger partial charge in [0.2, 0.25) is 11.8 Å². The summed E-state index contributed by atoms with van der Waals surface area (Å²) in [7, 11) is 1.52. The summed E-state index contributed by atoms with van der Waals surface area (Å²) in [5.41, 5.74) is 0.961. The van der Waals surface area contributed by atoms with E-state index in [0.717, 1.165) is 0 Å². The fourth-order valence-electron chi connectivity index (χ4n) is 1.37. The molecule has 1 aromatic carbocycles. The van der Waals surface area contributed by atoms with Gasteiger partial charge in [-0.15, -0.1) is 0 Å². The first kappa shape index (κ1) is 14.7. The van der Waals surface area contributed by atoms with Gasteiger partial charge in [-0.1, -0.05) is 12.1 Å². The van der Waals surface area contributed by atoms with Gasteiger partial charge in [0.25, 0.3) is 0 Å². The quantitative estimate of drug-likeness (QED) is 0.812. The van der Waals surface area contributed by atoms with E-state index in [1.54, 1.807) is 30.3 Å². The highest BCUT2D eigenvalue weighted by atomic mass is 16.5. The molecule has 0 aliphatic carbocycles. The van der Waals surface area contributed by atoms with E-state index in [1.165, 1.54) is 7.11 Å². The minimum Gasteiger partial charge on any atom is -0.384 e. The lowest BCUT2D eigenvalue weighted by Crippen LogP contribution is -2.17. The second kappa shape index (κ2) is 7.84. The lowest BCUT2D eigenvalue weighted by molar-refractivity contribution is -0.117. The molecule has 6 heteroatoms. The minimum absolute atomic E-state index is 0.205. The zero-order valence-electron chi connectivity index (χ0n) is 10.6. The van der Waals surface area contributed by atoms with Gasteiger partial charge in [0.05, 0.1) is 30.5 Å². The molecule has 100 valence electrons. The van der Waals surface area contributed by atoms with Crippen molar-refractivity contribution in [1.29, 1.82) is 5.26 Å². The zero-order valence-corrected chi connectivity index (χ0v) is 10.6. The third kappa shape index (κ3) is 5.19. The first-order valence-corrected chi connectivity index (χ1v) is 5.72. The van der Waals surface area contributed by atoms with Crippen LogP contribution < -0.4 is 10.6 Å². The molecule has 0 heterocycles. The second-order valence-electron chi connectivity index (χ2n) is 3.72. The number of methoxy groups -OCH3 is 1. The molecule has 2 N–H and O–H groups in total. The van der Waals surface area contributed by atoms with E-state index in [9.17, 15) is 9.59 Å². The Morgan fingerprint density at radius 2 is 1.79 bits per heavy atom. The molecule has 0 unspecified atom stereocenters. The van der Waals surface area contributed by atoms with Crippen molar-refractivity contribution in [2.45, 2.75) is 12.8 Å². The summed E-state index contributed by atoms with van der Waals surface area (Å²) in [6.45, 7) is 0.328. The number of anilines is 2. The highest BCUT2D eigenvalue weighted by molar-refractivity contribution is 5.99. The van der Waals surface area contributed by atoms with Gasteiger partial charge in [-0.2, -0.15) is 5.26 Å². The molecule has 0 spiro atoms. The fourth-order valence-corrected chi connectivity index (χ4v) is 1.37. The lowest BCUT2D eigenvalue weighted by Gasteiger charge is -2.11. The Balaban J connectivity index is 2.70. The van der Waals surface area contributed by atoms with Crippen molar-refractivity contribution in [2.24, 2.45) is 0 Å². The van der Waals surface area contributed by atoms with E-state index < -0.39 is 5.91 Å². The summed E-state index contributed by atoms with van der Waals surface area (Å²) < 4.78 is 4.81. The summed E-state index contributed by atoms with van der Waals surface area (Å²) in [6.07, 6.45) is 0.00291. The van der Waals surface area contributed by atoms with Crippen molar-refractivity contribution in [2.75, 3.05) is 24.4 Å². The van der Waals surface area contributed by atoms with Gasteiger partial charge in [0.15, 0.2) is 0 Å². The van der Waals surface area contributed by atoms with E-state index in [-0.39, 0.29) is 18.7 Å². The molecule has 0 fully saturated rings. The van der Waals surface area contributed by atoms with Crippen molar-refractivity contribution in [3.05, 3.63) is 24.3 Å². The van der Waals surface area contributed by atoms with Crippen LogP contribution in [-0.4, -0.2) is 25.5 Å². The highest BCUT2D eigenvalue weighted by Gasteiger charge is 2.08. The summed E-state index contributed by atoms with van der Waals surface area (Å²) in [5, 5.41) is 13.7. The number of nitriles is 1. The third-order valence-corrected chi connectivity index (χ3v) is 2.25. The summed E-state index contributed by atoms with van der Waals surface area (Å²) in [6, 6.07) is 8.56. The van der Waals surface area contributed by atoms with Gasteiger partial charge in [-0.25, -0.2) is 0 Å². The Kier molecular flexibility index (Phi) is 6.06. The molecule has 1 aromatic rings. The standard InChI is InChI=1S/C13H15N3O3/c1-19-9-7-13(18)16-11-5-3-2-4-10(11)15-12(17)6-8-14/h2-5H,6-7,9H2,1H3,(H,15,17)(H,16,18). The van der Waals surface area contributed by atoms with E-state index >= 15 is 0 Å². The molecule has 19 heavy (non-hydrogen) atoms. The molecule has 0 radical (unpaired) electrons. The molecule has 0 aromatic heterocycles. The van der Waals surface area contributed by atoms with Crippen molar-refractivity contribution in [3.8, 4) is 6.07 Å². The number of carbonyl (C=O) groups excluding carboxylic acids is 2. The maximum absolute atomic E-state index is 11.6. The predicted octanol–water partition coefficient (Wildman–Crippen LogP) is 1.51. The predicted molar refractivity (Wildman–Crippen MR) is 70.4 cm³/mol. The van der Waals surface area contributed by atoms with Crippen LogP contribution in [0.1, 0.15) is 12.8 Å². The van der Waals surface area contributed by atoms with Crippen molar-refractivity contribution in [1.82, 2.24) is 0 Å². The van der Waals surface area contributed by atoms with E-state index in [1.807, 2.05) is 0 Å². The average Bonchev–Trinajstić information content (AvgIpc) is 2.39. The van der Waals surface area contributed by atoms with E-state index in [2.05, 4.69) is 10.6 Å². The largest absolute Gasteiger partial charge is 0.384 e. The van der Waals surface area contributed by atoms with Crippen LogP contribution in [0.25, 0.3) is 0 Å². The van der Waals surface area contributed by atoms with Gasteiger partial charge >= 0.3 is 0 Å². The molecule has 0 saturated heterocycles. The number of para-hydroxylation sites is 2. The van der Waals surface area contributed by atoms with Crippen LogP contribution >= 0.6 is 0 Å². The number of rotatable bonds is 6. The smallest absolute Gasteiger partial charge is 0.238 e. The van der Waals surface area contributed by atoms with Crippen LogP contribution in [0.5, 0.6) is 0 Å². The third-order valence-electron chi connectivity index (χ3n) is 2.25. The van der Waals surface area contributed by atoms with Crippen LogP contribution in [0, 0.1) is 11.3 Å². The Morgan fingerprint density at radius 3 is 2.32 bits per heavy atom. The summed E-state index contributed by atoms with van der Waals surface area (Å²) >= 11 is 0. The lowest BCUT2D eigenvalue weighted by atomic mass is 10.2. The molecule has 0 saturated carbocycles. The van der Waals surface area contributed by atoms with Crippen molar-refractivity contribution < 1.29 is 14.3 Å². The number of ether oxygens (including phenoxy) is 1. The number of hydrogen-bond donors (Lipinski definition) is 2. The van der Waals surface area contributed by atoms with Gasteiger partial charge in [-0.05, 0) is 12.1 Å². The van der Waals surface area contributed by atoms with Crippen LogP contribution in [0.15, 0.2) is 24.3 Å².